The second kappa shape index (κ2) is 6.33. The predicted molar refractivity (Wildman–Crippen MR) is 86.8 cm³/mol. The Morgan fingerprint density at radius 2 is 2.17 bits per heavy atom. The van der Waals surface area contributed by atoms with Gasteiger partial charge in [-0.1, -0.05) is 17.8 Å². The number of rotatable bonds is 4. The number of anilines is 1. The fraction of sp³-hybridized carbons (Fsp3) is 0.200. The molecular weight excluding hydrogens is 317 g/mol. The summed E-state index contributed by atoms with van der Waals surface area (Å²) in [6, 6.07) is 4.68. The van der Waals surface area contributed by atoms with Crippen LogP contribution in [0, 0.1) is 12.7 Å². The van der Waals surface area contributed by atoms with E-state index in [1.54, 1.807) is 26.0 Å². The molecule has 2 heterocycles. The van der Waals surface area contributed by atoms with Crippen LogP contribution in [-0.4, -0.2) is 31.1 Å². The molecular formula is C15H14FN5OS. The molecule has 3 rings (SSSR count). The quantitative estimate of drug-likeness (QED) is 0.567. The third kappa shape index (κ3) is 3.31. The van der Waals surface area contributed by atoms with Crippen molar-refractivity contribution in [3.8, 4) is 0 Å². The molecule has 118 valence electrons. The van der Waals surface area contributed by atoms with Gasteiger partial charge in [-0.3, -0.25) is 4.79 Å². The molecule has 0 aliphatic heterocycles. The normalized spacial score (nSPS) is 12.3. The number of imidazole rings is 1. The Kier molecular flexibility index (Phi) is 4.24. The van der Waals surface area contributed by atoms with E-state index in [0.29, 0.717) is 16.2 Å². The molecule has 8 heteroatoms. The molecule has 0 saturated heterocycles. The van der Waals surface area contributed by atoms with E-state index in [2.05, 4.69) is 25.3 Å². The summed E-state index contributed by atoms with van der Waals surface area (Å²) in [5.41, 5.74) is 2.19. The number of H-pyrrole nitrogens is 1. The summed E-state index contributed by atoms with van der Waals surface area (Å²) >= 11 is 1.26. The minimum absolute atomic E-state index is 0.169. The number of aryl methyl sites for hydroxylation is 1. The van der Waals surface area contributed by atoms with E-state index < -0.39 is 11.1 Å². The summed E-state index contributed by atoms with van der Waals surface area (Å²) in [5.74, 6) is -0.752. The van der Waals surface area contributed by atoms with Gasteiger partial charge >= 0.3 is 0 Å². The van der Waals surface area contributed by atoms with E-state index in [4.69, 9.17) is 0 Å². The molecule has 0 aliphatic carbocycles. The monoisotopic (exact) mass is 331 g/mol. The van der Waals surface area contributed by atoms with Crippen molar-refractivity contribution in [1.29, 1.82) is 0 Å². The number of nitrogens with zero attached hydrogens (tertiary/aromatic N) is 3. The number of thioether (sulfide) groups is 1. The smallest absolute Gasteiger partial charge is 0.237 e. The van der Waals surface area contributed by atoms with Crippen molar-refractivity contribution in [2.45, 2.75) is 24.1 Å². The Bertz CT molecular complexity index is 866. The predicted octanol–water partition coefficient (Wildman–Crippen LogP) is 2.92. The zero-order valence-electron chi connectivity index (χ0n) is 12.5. The molecule has 0 saturated carbocycles. The SMILES string of the molecule is Cc1ccc(NC(=O)[C@H](C)Sc2ncnc3nc[nH]c23)c(F)c1. The van der Waals surface area contributed by atoms with Crippen molar-refractivity contribution >= 4 is 34.5 Å². The largest absolute Gasteiger partial charge is 0.341 e. The molecule has 0 radical (unpaired) electrons. The highest BCUT2D eigenvalue weighted by atomic mass is 32.2. The number of benzene rings is 1. The van der Waals surface area contributed by atoms with Crippen molar-refractivity contribution in [2.75, 3.05) is 5.32 Å². The second-order valence-corrected chi connectivity index (χ2v) is 6.34. The van der Waals surface area contributed by atoms with Crippen LogP contribution in [0.3, 0.4) is 0 Å². The van der Waals surface area contributed by atoms with Crippen LogP contribution < -0.4 is 5.32 Å². The summed E-state index contributed by atoms with van der Waals surface area (Å²) in [6.07, 6.45) is 2.92. The highest BCUT2D eigenvalue weighted by Gasteiger charge is 2.19. The van der Waals surface area contributed by atoms with Crippen molar-refractivity contribution < 1.29 is 9.18 Å². The van der Waals surface area contributed by atoms with E-state index in [1.807, 2.05) is 0 Å². The molecule has 3 aromatic rings. The number of nitrogens with one attached hydrogen (secondary N) is 2. The Labute approximate surface area is 135 Å². The Balaban J connectivity index is 1.74. The minimum Gasteiger partial charge on any atom is -0.341 e. The molecule has 0 aliphatic rings. The molecule has 2 N–H and O–H groups in total. The number of aromatic nitrogens is 4. The molecule has 1 atom stereocenters. The van der Waals surface area contributed by atoms with Crippen LogP contribution in [0.4, 0.5) is 10.1 Å². The van der Waals surface area contributed by atoms with Gasteiger partial charge in [0, 0.05) is 0 Å². The molecule has 0 fully saturated rings. The van der Waals surface area contributed by atoms with Gasteiger partial charge in [-0.05, 0) is 31.5 Å². The minimum atomic E-state index is -0.461. The van der Waals surface area contributed by atoms with Gasteiger partial charge in [-0.2, -0.15) is 0 Å². The first kappa shape index (κ1) is 15.4. The fourth-order valence-electron chi connectivity index (χ4n) is 2.01. The lowest BCUT2D eigenvalue weighted by atomic mass is 10.2. The van der Waals surface area contributed by atoms with Crippen LogP contribution in [0.25, 0.3) is 11.2 Å². The Morgan fingerprint density at radius 1 is 1.35 bits per heavy atom. The first-order valence-corrected chi connectivity index (χ1v) is 7.80. The van der Waals surface area contributed by atoms with Crippen molar-refractivity contribution in [1.82, 2.24) is 19.9 Å². The lowest BCUT2D eigenvalue weighted by molar-refractivity contribution is -0.115. The zero-order chi connectivity index (χ0) is 16.4. The molecule has 1 aromatic carbocycles. The average Bonchev–Trinajstić information content (AvgIpc) is 2.99. The topological polar surface area (TPSA) is 83.6 Å². The maximum atomic E-state index is 13.8. The highest BCUT2D eigenvalue weighted by Crippen LogP contribution is 2.27. The van der Waals surface area contributed by atoms with Gasteiger partial charge in [0.2, 0.25) is 5.91 Å². The van der Waals surface area contributed by atoms with Gasteiger partial charge in [0.15, 0.2) is 5.65 Å². The van der Waals surface area contributed by atoms with Crippen LogP contribution in [0.2, 0.25) is 0 Å². The van der Waals surface area contributed by atoms with Gasteiger partial charge in [0.05, 0.1) is 17.3 Å². The summed E-state index contributed by atoms with van der Waals surface area (Å²) < 4.78 is 13.8. The molecule has 0 spiro atoms. The maximum absolute atomic E-state index is 13.8. The van der Waals surface area contributed by atoms with Gasteiger partial charge in [0.1, 0.15) is 22.7 Å². The molecule has 0 bridgehead atoms. The molecule has 2 aromatic heterocycles. The van der Waals surface area contributed by atoms with Crippen molar-refractivity contribution in [2.24, 2.45) is 0 Å². The Hall–Kier alpha value is -2.48. The van der Waals surface area contributed by atoms with Crippen LogP contribution in [0.1, 0.15) is 12.5 Å². The number of halogens is 1. The molecule has 0 unspecified atom stereocenters. The number of hydrogen-bond acceptors (Lipinski definition) is 5. The van der Waals surface area contributed by atoms with E-state index in [1.165, 1.54) is 30.5 Å². The van der Waals surface area contributed by atoms with Gasteiger partial charge in [0.25, 0.3) is 0 Å². The van der Waals surface area contributed by atoms with Crippen LogP contribution in [-0.2, 0) is 4.79 Å². The first-order valence-electron chi connectivity index (χ1n) is 6.92. The molecule has 1 amide bonds. The van der Waals surface area contributed by atoms with Crippen molar-refractivity contribution in [3.63, 3.8) is 0 Å². The van der Waals surface area contributed by atoms with E-state index >= 15 is 0 Å². The summed E-state index contributed by atoms with van der Waals surface area (Å²) in [5, 5.41) is 2.76. The lowest BCUT2D eigenvalue weighted by Gasteiger charge is -2.12. The van der Waals surface area contributed by atoms with Crippen molar-refractivity contribution in [3.05, 3.63) is 42.2 Å². The molecule has 6 nitrogen and oxygen atoms in total. The number of fused-ring (bicyclic) bond motifs is 1. The van der Waals surface area contributed by atoms with Gasteiger partial charge in [-0.15, -0.1) is 0 Å². The highest BCUT2D eigenvalue weighted by molar-refractivity contribution is 8.00. The number of carbonyl (C=O) groups excluding carboxylic acids is 1. The maximum Gasteiger partial charge on any atom is 0.237 e. The summed E-state index contributed by atoms with van der Waals surface area (Å²) in [7, 11) is 0. The molecule has 23 heavy (non-hydrogen) atoms. The standard InChI is InChI=1S/C15H14FN5OS/c1-8-3-4-11(10(16)5-8)21-14(22)9(2)23-15-12-13(18-6-17-12)19-7-20-15/h3-7,9H,1-2H3,(H,21,22)(H,17,18,19,20)/t9-/m0/s1. The number of amides is 1. The summed E-state index contributed by atoms with van der Waals surface area (Å²) in [4.78, 5) is 27.4. The first-order chi connectivity index (χ1) is 11.0. The lowest BCUT2D eigenvalue weighted by Crippen LogP contribution is -2.23. The third-order valence-electron chi connectivity index (χ3n) is 3.23. The number of hydrogen-bond donors (Lipinski definition) is 2. The van der Waals surface area contributed by atoms with E-state index in [-0.39, 0.29) is 11.6 Å². The van der Waals surface area contributed by atoms with Crippen LogP contribution >= 0.6 is 11.8 Å². The zero-order valence-corrected chi connectivity index (χ0v) is 13.3. The summed E-state index contributed by atoms with van der Waals surface area (Å²) in [6.45, 7) is 3.52. The van der Waals surface area contributed by atoms with E-state index in [0.717, 1.165) is 5.56 Å². The fourth-order valence-corrected chi connectivity index (χ4v) is 2.89. The van der Waals surface area contributed by atoms with E-state index in [9.17, 15) is 9.18 Å². The third-order valence-corrected chi connectivity index (χ3v) is 4.33. The second-order valence-electron chi connectivity index (χ2n) is 5.01. The van der Waals surface area contributed by atoms with Gasteiger partial charge < -0.3 is 10.3 Å². The average molecular weight is 331 g/mol. The Morgan fingerprint density at radius 3 is 2.96 bits per heavy atom. The number of carbonyl (C=O) groups is 1. The van der Waals surface area contributed by atoms with Crippen LogP contribution in [0.5, 0.6) is 0 Å². The van der Waals surface area contributed by atoms with Gasteiger partial charge in [-0.25, -0.2) is 19.3 Å². The number of aromatic amines is 1. The van der Waals surface area contributed by atoms with Crippen LogP contribution in [0.15, 0.2) is 35.9 Å².